The smallest absolute Gasteiger partial charge is 0.273 e. The number of benzene rings is 1. The van der Waals surface area contributed by atoms with Crippen molar-refractivity contribution in [1.29, 1.82) is 0 Å². The van der Waals surface area contributed by atoms with Gasteiger partial charge < -0.3 is 10.6 Å². The summed E-state index contributed by atoms with van der Waals surface area (Å²) in [5, 5.41) is 18.0. The van der Waals surface area contributed by atoms with Crippen molar-refractivity contribution >= 4 is 5.69 Å². The Morgan fingerprint density at radius 3 is 3.00 bits per heavy atom. The van der Waals surface area contributed by atoms with E-state index in [9.17, 15) is 10.1 Å². The molecule has 0 aromatic heterocycles. The lowest BCUT2D eigenvalue weighted by Gasteiger charge is -2.21. The van der Waals surface area contributed by atoms with Crippen LogP contribution in [-0.2, 0) is 6.54 Å². The molecule has 1 aliphatic heterocycles. The molecule has 1 fully saturated rings. The fraction of sp³-hybridized carbons (Fsp3) is 0.625. The largest absolute Gasteiger partial charge is 0.314 e. The minimum atomic E-state index is -0.311. The van der Waals surface area contributed by atoms with E-state index in [0.717, 1.165) is 18.5 Å². The molecular formula is C16H25N3O2. The fourth-order valence-electron chi connectivity index (χ4n) is 2.93. The maximum absolute atomic E-state index is 11.0. The Bertz CT molecular complexity index is 457. The first-order valence-corrected chi connectivity index (χ1v) is 7.86. The summed E-state index contributed by atoms with van der Waals surface area (Å²) < 4.78 is 0. The number of nitrogens with zero attached hydrogens (tertiary/aromatic N) is 1. The third-order valence-corrected chi connectivity index (χ3v) is 4.13. The average Bonchev–Trinajstić information content (AvgIpc) is 2.74. The van der Waals surface area contributed by atoms with E-state index >= 15 is 0 Å². The first kappa shape index (κ1) is 15.9. The topological polar surface area (TPSA) is 67.2 Å². The van der Waals surface area contributed by atoms with E-state index < -0.39 is 0 Å². The lowest BCUT2D eigenvalue weighted by Crippen LogP contribution is -2.36. The number of nitro benzene ring substituents is 1. The summed E-state index contributed by atoms with van der Waals surface area (Å²) in [4.78, 5) is 10.7. The first-order chi connectivity index (χ1) is 10.2. The third kappa shape index (κ3) is 5.10. The summed E-state index contributed by atoms with van der Waals surface area (Å²) in [6.45, 7) is 3.81. The quantitative estimate of drug-likeness (QED) is 0.624. The van der Waals surface area contributed by atoms with Crippen LogP contribution in [0.15, 0.2) is 24.3 Å². The van der Waals surface area contributed by atoms with Gasteiger partial charge in [-0.3, -0.25) is 10.1 Å². The number of para-hydroxylation sites is 1. The monoisotopic (exact) mass is 291 g/mol. The summed E-state index contributed by atoms with van der Waals surface area (Å²) in [6, 6.07) is 7.86. The lowest BCUT2D eigenvalue weighted by atomic mass is 10.0. The molecule has 0 saturated carbocycles. The van der Waals surface area contributed by atoms with Gasteiger partial charge in [-0.15, -0.1) is 0 Å². The zero-order valence-corrected chi connectivity index (χ0v) is 12.7. The van der Waals surface area contributed by atoms with Crippen molar-refractivity contribution in [2.24, 2.45) is 0 Å². The van der Waals surface area contributed by atoms with E-state index in [1.165, 1.54) is 25.7 Å². The molecule has 1 heterocycles. The SMILES string of the molecule is CC(CC1CCCCCN1)NCc1ccccc1[N+](=O)[O-]. The standard InChI is InChI=1S/C16H25N3O2/c1-13(11-15-8-3-2-6-10-17-15)18-12-14-7-4-5-9-16(14)19(20)21/h4-5,7,9,13,15,17-18H,2-3,6,8,10-12H2,1H3. The summed E-state index contributed by atoms with van der Waals surface area (Å²) in [5.74, 6) is 0. The minimum absolute atomic E-state index is 0.199. The zero-order valence-electron chi connectivity index (χ0n) is 12.7. The van der Waals surface area contributed by atoms with Crippen LogP contribution >= 0.6 is 0 Å². The molecule has 2 unspecified atom stereocenters. The van der Waals surface area contributed by atoms with Crippen molar-refractivity contribution in [3.8, 4) is 0 Å². The Labute approximate surface area is 126 Å². The maximum atomic E-state index is 11.0. The molecule has 5 heteroatoms. The van der Waals surface area contributed by atoms with E-state index in [4.69, 9.17) is 0 Å². The highest BCUT2D eigenvalue weighted by atomic mass is 16.6. The van der Waals surface area contributed by atoms with Gasteiger partial charge in [0.25, 0.3) is 5.69 Å². The van der Waals surface area contributed by atoms with Gasteiger partial charge in [0.05, 0.1) is 4.92 Å². The Balaban J connectivity index is 1.83. The molecule has 21 heavy (non-hydrogen) atoms. The normalized spacial score (nSPS) is 20.7. The minimum Gasteiger partial charge on any atom is -0.314 e. The van der Waals surface area contributed by atoms with Crippen LogP contribution in [0.1, 0.15) is 44.6 Å². The van der Waals surface area contributed by atoms with E-state index in [1.807, 2.05) is 12.1 Å². The van der Waals surface area contributed by atoms with Crippen LogP contribution < -0.4 is 10.6 Å². The van der Waals surface area contributed by atoms with Crippen molar-refractivity contribution in [2.45, 2.75) is 57.7 Å². The van der Waals surface area contributed by atoms with E-state index in [0.29, 0.717) is 18.6 Å². The van der Waals surface area contributed by atoms with Gasteiger partial charge in [0.15, 0.2) is 0 Å². The van der Waals surface area contributed by atoms with Crippen LogP contribution in [0.4, 0.5) is 5.69 Å². The lowest BCUT2D eigenvalue weighted by molar-refractivity contribution is -0.385. The summed E-state index contributed by atoms with van der Waals surface area (Å²) >= 11 is 0. The molecule has 1 aliphatic rings. The fourth-order valence-corrected chi connectivity index (χ4v) is 2.93. The second-order valence-corrected chi connectivity index (χ2v) is 5.90. The molecule has 0 radical (unpaired) electrons. The number of hydrogen-bond donors (Lipinski definition) is 2. The second-order valence-electron chi connectivity index (χ2n) is 5.90. The van der Waals surface area contributed by atoms with Gasteiger partial charge in [0, 0.05) is 30.3 Å². The molecule has 5 nitrogen and oxygen atoms in total. The third-order valence-electron chi connectivity index (χ3n) is 4.13. The molecule has 0 amide bonds. The van der Waals surface area contributed by atoms with Gasteiger partial charge in [0.1, 0.15) is 0 Å². The molecule has 2 rings (SSSR count). The Hall–Kier alpha value is -1.46. The second kappa shape index (κ2) is 8.10. The van der Waals surface area contributed by atoms with E-state index in [1.54, 1.807) is 12.1 Å². The number of nitrogens with one attached hydrogen (secondary N) is 2. The molecular weight excluding hydrogens is 266 g/mol. The molecule has 0 bridgehead atoms. The molecule has 1 saturated heterocycles. The van der Waals surface area contributed by atoms with Gasteiger partial charge in [-0.05, 0) is 32.7 Å². The molecule has 2 atom stereocenters. The highest BCUT2D eigenvalue weighted by Crippen LogP contribution is 2.18. The summed E-state index contributed by atoms with van der Waals surface area (Å²) in [5.41, 5.74) is 0.952. The first-order valence-electron chi connectivity index (χ1n) is 7.86. The highest BCUT2D eigenvalue weighted by molar-refractivity contribution is 5.39. The molecule has 116 valence electrons. The van der Waals surface area contributed by atoms with Gasteiger partial charge in [-0.2, -0.15) is 0 Å². The Morgan fingerprint density at radius 2 is 2.19 bits per heavy atom. The predicted molar refractivity (Wildman–Crippen MR) is 84.3 cm³/mol. The summed E-state index contributed by atoms with van der Waals surface area (Å²) in [7, 11) is 0. The number of nitro groups is 1. The van der Waals surface area contributed by atoms with Crippen molar-refractivity contribution in [1.82, 2.24) is 10.6 Å². The van der Waals surface area contributed by atoms with Gasteiger partial charge in [-0.25, -0.2) is 0 Å². The molecule has 0 aliphatic carbocycles. The number of hydrogen-bond acceptors (Lipinski definition) is 4. The van der Waals surface area contributed by atoms with Crippen LogP contribution in [0, 0.1) is 10.1 Å². The Kier molecular flexibility index (Phi) is 6.14. The van der Waals surface area contributed by atoms with E-state index in [-0.39, 0.29) is 10.6 Å². The van der Waals surface area contributed by atoms with Crippen molar-refractivity contribution in [3.05, 3.63) is 39.9 Å². The highest BCUT2D eigenvalue weighted by Gasteiger charge is 2.16. The molecule has 1 aromatic rings. The molecule has 2 N–H and O–H groups in total. The van der Waals surface area contributed by atoms with Crippen LogP contribution in [0.25, 0.3) is 0 Å². The van der Waals surface area contributed by atoms with Crippen LogP contribution in [0.5, 0.6) is 0 Å². The van der Waals surface area contributed by atoms with Gasteiger partial charge >= 0.3 is 0 Å². The molecule has 0 spiro atoms. The number of rotatable bonds is 6. The zero-order chi connectivity index (χ0) is 15.1. The van der Waals surface area contributed by atoms with Crippen molar-refractivity contribution < 1.29 is 4.92 Å². The average molecular weight is 291 g/mol. The van der Waals surface area contributed by atoms with E-state index in [2.05, 4.69) is 17.6 Å². The van der Waals surface area contributed by atoms with Gasteiger partial charge in [-0.1, -0.05) is 31.0 Å². The van der Waals surface area contributed by atoms with Crippen LogP contribution in [0.2, 0.25) is 0 Å². The summed E-state index contributed by atoms with van der Waals surface area (Å²) in [6.07, 6.45) is 6.20. The van der Waals surface area contributed by atoms with Crippen molar-refractivity contribution in [3.63, 3.8) is 0 Å². The maximum Gasteiger partial charge on any atom is 0.273 e. The van der Waals surface area contributed by atoms with Gasteiger partial charge in [0.2, 0.25) is 0 Å². The predicted octanol–water partition coefficient (Wildman–Crippen LogP) is 3.00. The Morgan fingerprint density at radius 1 is 1.38 bits per heavy atom. The van der Waals surface area contributed by atoms with Crippen LogP contribution in [-0.4, -0.2) is 23.6 Å². The molecule has 1 aromatic carbocycles. The van der Waals surface area contributed by atoms with Crippen molar-refractivity contribution in [2.75, 3.05) is 6.54 Å². The van der Waals surface area contributed by atoms with Crippen LogP contribution in [0.3, 0.4) is 0 Å².